The Morgan fingerprint density at radius 1 is 1.39 bits per heavy atom. The number of nitrogens with zero attached hydrogens (tertiary/aromatic N) is 3. The standard InChI is InChI=1S/C16H18N4O2S/c1-12(21)20-11-23-9-15(20)16(22)18-8-13-4-2-3-5-14(13)19-7-6-17-10-19/h2-7,10,15H,8-9,11H2,1H3,(H,18,22). The van der Waals surface area contributed by atoms with Crippen LogP contribution in [0.2, 0.25) is 0 Å². The Balaban J connectivity index is 1.69. The van der Waals surface area contributed by atoms with E-state index in [9.17, 15) is 9.59 Å². The second-order valence-electron chi connectivity index (χ2n) is 5.32. The maximum absolute atomic E-state index is 12.4. The first-order valence-electron chi connectivity index (χ1n) is 7.35. The van der Waals surface area contributed by atoms with Gasteiger partial charge in [0.2, 0.25) is 11.8 Å². The van der Waals surface area contributed by atoms with Crippen molar-refractivity contribution in [2.24, 2.45) is 0 Å². The van der Waals surface area contributed by atoms with Crippen LogP contribution in [0, 0.1) is 0 Å². The van der Waals surface area contributed by atoms with Gasteiger partial charge < -0.3 is 14.8 Å². The van der Waals surface area contributed by atoms with Gasteiger partial charge in [0.05, 0.1) is 17.9 Å². The predicted molar refractivity (Wildman–Crippen MR) is 89.0 cm³/mol. The molecule has 0 saturated carbocycles. The lowest BCUT2D eigenvalue weighted by atomic mass is 10.1. The zero-order valence-corrected chi connectivity index (χ0v) is 13.6. The van der Waals surface area contributed by atoms with Crippen LogP contribution in [0.25, 0.3) is 5.69 Å². The molecule has 1 unspecified atom stereocenters. The Kier molecular flexibility index (Phi) is 4.66. The van der Waals surface area contributed by atoms with Gasteiger partial charge in [0.15, 0.2) is 0 Å². The molecule has 1 fully saturated rings. The molecule has 3 rings (SSSR count). The number of carbonyl (C=O) groups excluding carboxylic acids is 2. The minimum absolute atomic E-state index is 0.0611. The van der Waals surface area contributed by atoms with Crippen LogP contribution in [0.3, 0.4) is 0 Å². The summed E-state index contributed by atoms with van der Waals surface area (Å²) in [5.74, 6) is 1.06. The third-order valence-corrected chi connectivity index (χ3v) is 4.83. The first kappa shape index (κ1) is 15.6. The van der Waals surface area contributed by atoms with Gasteiger partial charge in [0, 0.05) is 31.6 Å². The van der Waals surface area contributed by atoms with Crippen molar-refractivity contribution >= 4 is 23.6 Å². The summed E-state index contributed by atoms with van der Waals surface area (Å²) in [5.41, 5.74) is 1.98. The van der Waals surface area contributed by atoms with E-state index in [2.05, 4.69) is 10.3 Å². The Hall–Kier alpha value is -2.28. The summed E-state index contributed by atoms with van der Waals surface area (Å²) in [4.78, 5) is 29.6. The molecule has 2 aromatic rings. The molecule has 2 amide bonds. The topological polar surface area (TPSA) is 67.2 Å². The monoisotopic (exact) mass is 330 g/mol. The van der Waals surface area contributed by atoms with E-state index in [4.69, 9.17) is 0 Å². The van der Waals surface area contributed by atoms with Crippen molar-refractivity contribution in [1.82, 2.24) is 19.8 Å². The highest BCUT2D eigenvalue weighted by molar-refractivity contribution is 7.99. The van der Waals surface area contributed by atoms with E-state index in [0.29, 0.717) is 18.2 Å². The first-order valence-corrected chi connectivity index (χ1v) is 8.51. The van der Waals surface area contributed by atoms with Crippen LogP contribution in [0.1, 0.15) is 12.5 Å². The molecular formula is C16H18N4O2S. The number of para-hydroxylation sites is 1. The fraction of sp³-hybridized carbons (Fsp3) is 0.312. The molecule has 6 nitrogen and oxygen atoms in total. The Morgan fingerprint density at radius 3 is 2.96 bits per heavy atom. The van der Waals surface area contributed by atoms with Gasteiger partial charge in [0.1, 0.15) is 6.04 Å². The lowest BCUT2D eigenvalue weighted by Gasteiger charge is -2.21. The maximum Gasteiger partial charge on any atom is 0.243 e. The van der Waals surface area contributed by atoms with Crippen molar-refractivity contribution in [2.75, 3.05) is 11.6 Å². The zero-order valence-electron chi connectivity index (χ0n) is 12.8. The average molecular weight is 330 g/mol. The Labute approximate surface area is 138 Å². The number of hydrogen-bond acceptors (Lipinski definition) is 4. The van der Waals surface area contributed by atoms with Gasteiger partial charge in [-0.3, -0.25) is 9.59 Å². The van der Waals surface area contributed by atoms with Crippen LogP contribution in [-0.2, 0) is 16.1 Å². The lowest BCUT2D eigenvalue weighted by Crippen LogP contribution is -2.46. The first-order chi connectivity index (χ1) is 11.2. The number of aromatic nitrogens is 2. The van der Waals surface area contributed by atoms with Crippen LogP contribution >= 0.6 is 11.8 Å². The molecule has 0 aliphatic carbocycles. The van der Waals surface area contributed by atoms with E-state index in [1.807, 2.05) is 35.0 Å². The van der Waals surface area contributed by atoms with E-state index in [0.717, 1.165) is 11.3 Å². The molecule has 1 aromatic heterocycles. The molecule has 120 valence electrons. The number of amides is 2. The van der Waals surface area contributed by atoms with Crippen LogP contribution in [0.4, 0.5) is 0 Å². The number of benzene rings is 1. The summed E-state index contributed by atoms with van der Waals surface area (Å²) in [6.07, 6.45) is 5.31. The van der Waals surface area contributed by atoms with Crippen molar-refractivity contribution in [1.29, 1.82) is 0 Å². The number of hydrogen-bond donors (Lipinski definition) is 1. The number of imidazole rings is 1. The van der Waals surface area contributed by atoms with Gasteiger partial charge in [-0.05, 0) is 11.6 Å². The highest BCUT2D eigenvalue weighted by Crippen LogP contribution is 2.21. The summed E-state index contributed by atoms with van der Waals surface area (Å²) >= 11 is 1.60. The van der Waals surface area contributed by atoms with Crippen LogP contribution in [0.15, 0.2) is 43.0 Å². The van der Waals surface area contributed by atoms with Crippen molar-refractivity contribution in [2.45, 2.75) is 19.5 Å². The van der Waals surface area contributed by atoms with Crippen molar-refractivity contribution in [3.63, 3.8) is 0 Å². The lowest BCUT2D eigenvalue weighted by molar-refractivity contribution is -0.136. The highest BCUT2D eigenvalue weighted by Gasteiger charge is 2.32. The number of rotatable bonds is 4. The third-order valence-electron chi connectivity index (χ3n) is 3.82. The predicted octanol–water partition coefficient (Wildman–Crippen LogP) is 1.41. The molecule has 1 saturated heterocycles. The summed E-state index contributed by atoms with van der Waals surface area (Å²) in [6.45, 7) is 1.92. The molecule has 2 heterocycles. The summed E-state index contributed by atoms with van der Waals surface area (Å²) in [5, 5.41) is 2.95. The SMILES string of the molecule is CC(=O)N1CSCC1C(=O)NCc1ccccc1-n1ccnc1. The minimum Gasteiger partial charge on any atom is -0.350 e. The van der Waals surface area contributed by atoms with E-state index >= 15 is 0 Å². The molecule has 7 heteroatoms. The van der Waals surface area contributed by atoms with Crippen molar-refractivity contribution < 1.29 is 9.59 Å². The summed E-state index contributed by atoms with van der Waals surface area (Å²) in [7, 11) is 0. The quantitative estimate of drug-likeness (QED) is 0.920. The highest BCUT2D eigenvalue weighted by atomic mass is 32.2. The normalized spacial score (nSPS) is 17.3. The van der Waals surface area contributed by atoms with Gasteiger partial charge in [-0.25, -0.2) is 4.98 Å². The molecule has 0 bridgehead atoms. The molecule has 0 radical (unpaired) electrons. The molecule has 1 aromatic carbocycles. The number of thioether (sulfide) groups is 1. The summed E-state index contributed by atoms with van der Waals surface area (Å²) < 4.78 is 1.91. The van der Waals surface area contributed by atoms with Crippen LogP contribution in [-0.4, -0.2) is 43.9 Å². The van der Waals surface area contributed by atoms with Gasteiger partial charge in [-0.15, -0.1) is 11.8 Å². The van der Waals surface area contributed by atoms with Gasteiger partial charge in [-0.2, -0.15) is 0 Å². The van der Waals surface area contributed by atoms with Crippen LogP contribution in [0.5, 0.6) is 0 Å². The van der Waals surface area contributed by atoms with Gasteiger partial charge in [-0.1, -0.05) is 18.2 Å². The van der Waals surface area contributed by atoms with E-state index in [-0.39, 0.29) is 17.9 Å². The van der Waals surface area contributed by atoms with Crippen LogP contribution < -0.4 is 5.32 Å². The maximum atomic E-state index is 12.4. The van der Waals surface area contributed by atoms with Gasteiger partial charge >= 0.3 is 0 Å². The second-order valence-corrected chi connectivity index (χ2v) is 6.32. The molecular weight excluding hydrogens is 312 g/mol. The van der Waals surface area contributed by atoms with Gasteiger partial charge in [0.25, 0.3) is 0 Å². The molecule has 0 spiro atoms. The minimum atomic E-state index is -0.377. The third kappa shape index (κ3) is 3.39. The molecule has 23 heavy (non-hydrogen) atoms. The average Bonchev–Trinajstić information content (AvgIpc) is 3.23. The molecule has 1 aliphatic rings. The zero-order chi connectivity index (χ0) is 16.2. The second kappa shape index (κ2) is 6.87. The summed E-state index contributed by atoms with van der Waals surface area (Å²) in [6, 6.07) is 7.47. The van der Waals surface area contributed by atoms with E-state index in [1.54, 1.807) is 29.2 Å². The number of nitrogens with one attached hydrogen (secondary N) is 1. The number of carbonyl (C=O) groups is 2. The smallest absolute Gasteiger partial charge is 0.243 e. The van der Waals surface area contributed by atoms with Crippen molar-refractivity contribution in [3.8, 4) is 5.69 Å². The molecule has 1 aliphatic heterocycles. The van der Waals surface area contributed by atoms with E-state index in [1.165, 1.54) is 6.92 Å². The fourth-order valence-corrected chi connectivity index (χ4v) is 3.80. The Morgan fingerprint density at radius 2 is 2.22 bits per heavy atom. The Bertz CT molecular complexity index is 702. The van der Waals surface area contributed by atoms with E-state index < -0.39 is 0 Å². The van der Waals surface area contributed by atoms with Crippen molar-refractivity contribution in [3.05, 3.63) is 48.5 Å². The largest absolute Gasteiger partial charge is 0.350 e. The fourth-order valence-electron chi connectivity index (χ4n) is 2.58. The molecule has 1 atom stereocenters. The molecule has 1 N–H and O–H groups in total.